The van der Waals surface area contributed by atoms with Crippen LogP contribution in [0.4, 0.5) is 8.78 Å². The summed E-state index contributed by atoms with van der Waals surface area (Å²) in [5, 5.41) is 0.429. The molecule has 0 bridgehead atoms. The summed E-state index contributed by atoms with van der Waals surface area (Å²) in [7, 11) is 0. The molecular weight excluding hydrogens is 516 g/mol. The lowest BCUT2D eigenvalue weighted by molar-refractivity contribution is 0.611. The fourth-order valence-corrected chi connectivity index (χ4v) is 4.06. The van der Waals surface area contributed by atoms with Crippen LogP contribution in [0, 0.1) is 15.2 Å². The highest BCUT2D eigenvalue weighted by Gasteiger charge is 2.19. The van der Waals surface area contributed by atoms with Crippen LogP contribution in [0.15, 0.2) is 34.8 Å². The highest BCUT2D eigenvalue weighted by Crippen LogP contribution is 2.38. The molecule has 0 N–H and O–H groups in total. The van der Waals surface area contributed by atoms with E-state index < -0.39 is 0 Å². The van der Waals surface area contributed by atoms with Gasteiger partial charge < -0.3 is 0 Å². The average Bonchev–Trinajstić information content (AvgIpc) is 2.33. The lowest BCUT2D eigenvalue weighted by Gasteiger charge is -2.14. The summed E-state index contributed by atoms with van der Waals surface area (Å²) in [5.74, 6) is -0.694. The monoisotopic (exact) mass is 520 g/mol. The molecule has 0 aliphatic heterocycles. The van der Waals surface area contributed by atoms with E-state index in [1.54, 1.807) is 12.1 Å². The van der Waals surface area contributed by atoms with Crippen molar-refractivity contribution in [2.45, 2.75) is 4.83 Å². The Labute approximate surface area is 144 Å². The minimum atomic E-state index is -0.384. The molecule has 0 fully saturated rings. The van der Waals surface area contributed by atoms with Crippen LogP contribution in [0.25, 0.3) is 0 Å². The van der Waals surface area contributed by atoms with E-state index >= 15 is 0 Å². The number of alkyl halides is 1. The first-order valence-electron chi connectivity index (χ1n) is 5.13. The highest BCUT2D eigenvalue weighted by molar-refractivity contribution is 14.1. The van der Waals surface area contributed by atoms with Crippen LogP contribution in [-0.4, -0.2) is 0 Å². The molecule has 1 unspecified atom stereocenters. The number of hydrogen-bond donors (Lipinski definition) is 0. The molecule has 1 atom stereocenters. The van der Waals surface area contributed by atoms with E-state index in [0.717, 1.165) is 9.13 Å². The fourth-order valence-electron chi connectivity index (χ4n) is 1.61. The number of halogens is 6. The van der Waals surface area contributed by atoms with Crippen molar-refractivity contribution in [2.75, 3.05) is 0 Å². The van der Waals surface area contributed by atoms with Gasteiger partial charge in [0, 0.05) is 13.6 Å². The van der Waals surface area contributed by atoms with Gasteiger partial charge in [0.25, 0.3) is 0 Å². The van der Waals surface area contributed by atoms with Gasteiger partial charge in [-0.3, -0.25) is 0 Å². The quantitative estimate of drug-likeness (QED) is 0.241. The zero-order valence-corrected chi connectivity index (χ0v) is 15.3. The lowest BCUT2D eigenvalue weighted by atomic mass is 10.0. The van der Waals surface area contributed by atoms with E-state index in [9.17, 15) is 8.78 Å². The largest absolute Gasteiger partial charge is 0.207 e. The van der Waals surface area contributed by atoms with Gasteiger partial charge >= 0.3 is 0 Å². The van der Waals surface area contributed by atoms with E-state index in [1.165, 1.54) is 18.2 Å². The molecule has 6 heteroatoms. The van der Waals surface area contributed by atoms with Crippen molar-refractivity contribution < 1.29 is 8.78 Å². The Morgan fingerprint density at radius 1 is 1.11 bits per heavy atom. The molecule has 0 aliphatic carbocycles. The van der Waals surface area contributed by atoms with E-state index in [1.807, 2.05) is 22.6 Å². The van der Waals surface area contributed by atoms with Gasteiger partial charge in [0.05, 0.1) is 9.85 Å². The Balaban J connectivity index is 2.49. The minimum Gasteiger partial charge on any atom is -0.207 e. The van der Waals surface area contributed by atoms with Gasteiger partial charge in [-0.15, -0.1) is 0 Å². The highest BCUT2D eigenvalue weighted by atomic mass is 127. The van der Waals surface area contributed by atoms with Crippen LogP contribution >= 0.6 is 66.1 Å². The molecule has 0 aromatic heterocycles. The summed E-state index contributed by atoms with van der Waals surface area (Å²) in [5.41, 5.74) is 1.21. The van der Waals surface area contributed by atoms with Crippen LogP contribution in [0.5, 0.6) is 0 Å². The summed E-state index contributed by atoms with van der Waals surface area (Å²) in [6.45, 7) is 0. The van der Waals surface area contributed by atoms with E-state index in [4.69, 9.17) is 11.6 Å². The molecule has 0 aliphatic rings. The van der Waals surface area contributed by atoms with Gasteiger partial charge in [-0.1, -0.05) is 33.6 Å². The molecule has 2 aromatic carbocycles. The van der Waals surface area contributed by atoms with Crippen LogP contribution in [-0.2, 0) is 0 Å². The Morgan fingerprint density at radius 2 is 1.79 bits per heavy atom. The Bertz CT molecular complexity index is 634. The standard InChI is InChI=1S/C13H6Br2ClF2I/c14-9-5-11(18)8(4-10(9)16)13(15)7-2-1-6(17)3-12(7)19/h1-5,13H. The summed E-state index contributed by atoms with van der Waals surface area (Å²) in [4.78, 5) is -0.384. The van der Waals surface area contributed by atoms with Crippen molar-refractivity contribution in [2.24, 2.45) is 0 Å². The smallest absolute Gasteiger partial charge is 0.129 e. The van der Waals surface area contributed by atoms with Crippen molar-refractivity contribution in [1.29, 1.82) is 0 Å². The van der Waals surface area contributed by atoms with E-state index in [-0.39, 0.29) is 16.5 Å². The molecular formula is C13H6Br2ClF2I. The number of rotatable bonds is 2. The number of benzene rings is 2. The predicted octanol–water partition coefficient (Wildman–Crippen LogP) is 6.47. The van der Waals surface area contributed by atoms with Crippen LogP contribution in [0.1, 0.15) is 16.0 Å². The molecule has 19 heavy (non-hydrogen) atoms. The van der Waals surface area contributed by atoms with Gasteiger partial charge in [-0.25, -0.2) is 8.78 Å². The first-order valence-corrected chi connectivity index (χ1v) is 8.30. The van der Waals surface area contributed by atoms with Gasteiger partial charge in [-0.05, 0) is 68.3 Å². The van der Waals surface area contributed by atoms with Crippen molar-refractivity contribution in [1.82, 2.24) is 0 Å². The van der Waals surface area contributed by atoms with Crippen LogP contribution < -0.4 is 0 Å². The van der Waals surface area contributed by atoms with Gasteiger partial charge in [0.1, 0.15) is 11.6 Å². The van der Waals surface area contributed by atoms with E-state index in [2.05, 4.69) is 31.9 Å². The topological polar surface area (TPSA) is 0 Å². The van der Waals surface area contributed by atoms with Crippen molar-refractivity contribution in [3.8, 4) is 0 Å². The fraction of sp³-hybridized carbons (Fsp3) is 0.0769. The SMILES string of the molecule is Fc1ccc(C(Br)c2cc(Cl)c(Br)cc2F)c(I)c1. The van der Waals surface area contributed by atoms with Gasteiger partial charge in [0.2, 0.25) is 0 Å². The molecule has 0 heterocycles. The Kier molecular flexibility index (Phi) is 5.25. The Morgan fingerprint density at radius 3 is 2.42 bits per heavy atom. The van der Waals surface area contributed by atoms with Crippen molar-refractivity contribution in [3.05, 3.63) is 66.2 Å². The van der Waals surface area contributed by atoms with Crippen molar-refractivity contribution in [3.63, 3.8) is 0 Å². The molecule has 0 amide bonds. The molecule has 0 spiro atoms. The van der Waals surface area contributed by atoms with E-state index in [0.29, 0.717) is 15.1 Å². The normalized spacial score (nSPS) is 12.5. The van der Waals surface area contributed by atoms with Crippen LogP contribution in [0.3, 0.4) is 0 Å². The third-order valence-corrected chi connectivity index (χ3v) is 5.67. The summed E-state index contributed by atoms with van der Waals surface area (Å²) >= 11 is 14.6. The Hall–Kier alpha value is 0.280. The third kappa shape index (κ3) is 3.49. The second-order valence-electron chi connectivity index (χ2n) is 3.82. The maximum Gasteiger partial charge on any atom is 0.129 e. The third-order valence-electron chi connectivity index (χ3n) is 2.55. The first kappa shape index (κ1) is 15.7. The van der Waals surface area contributed by atoms with Gasteiger partial charge in [-0.2, -0.15) is 0 Å². The van der Waals surface area contributed by atoms with Gasteiger partial charge in [0.15, 0.2) is 0 Å². The molecule has 0 saturated heterocycles. The molecule has 0 saturated carbocycles. The summed E-state index contributed by atoms with van der Waals surface area (Å²) in [6.07, 6.45) is 0. The predicted molar refractivity (Wildman–Crippen MR) is 89.0 cm³/mol. The average molecular weight is 522 g/mol. The first-order chi connectivity index (χ1) is 8.90. The summed E-state index contributed by atoms with van der Waals surface area (Å²) in [6, 6.07) is 7.26. The molecule has 2 aromatic rings. The second kappa shape index (κ2) is 6.37. The number of hydrogen-bond acceptors (Lipinski definition) is 0. The minimum absolute atomic E-state index is 0.317. The molecule has 0 nitrogen and oxygen atoms in total. The molecule has 100 valence electrons. The van der Waals surface area contributed by atoms with Crippen LogP contribution in [0.2, 0.25) is 5.02 Å². The lowest BCUT2D eigenvalue weighted by Crippen LogP contribution is -2.00. The molecule has 0 radical (unpaired) electrons. The second-order valence-corrected chi connectivity index (χ2v) is 7.16. The zero-order chi connectivity index (χ0) is 14.2. The zero-order valence-electron chi connectivity index (χ0n) is 9.23. The molecule has 2 rings (SSSR count). The van der Waals surface area contributed by atoms with Crippen molar-refractivity contribution >= 4 is 66.1 Å². The summed E-state index contributed by atoms with van der Waals surface area (Å²) < 4.78 is 28.3. The maximum atomic E-state index is 14.0. The maximum absolute atomic E-state index is 14.0.